The third-order valence-corrected chi connectivity index (χ3v) is 7.88. The van der Waals surface area contributed by atoms with Crippen molar-refractivity contribution < 1.29 is 9.59 Å². The number of piperazine rings is 1. The molecular weight excluding hydrogens is 530 g/mol. The lowest BCUT2D eigenvalue weighted by Crippen LogP contribution is -2.47. The summed E-state index contributed by atoms with van der Waals surface area (Å²) in [6, 6.07) is 26.1. The normalized spacial score (nSPS) is 18.1. The van der Waals surface area contributed by atoms with Gasteiger partial charge in [0.1, 0.15) is 6.04 Å². The average Bonchev–Trinajstić information content (AvgIpc) is 3.19. The smallest absolute Gasteiger partial charge is 0.256 e. The fourth-order valence-corrected chi connectivity index (χ4v) is 5.70. The number of anilines is 3. The molecule has 3 aromatic rings. The van der Waals surface area contributed by atoms with E-state index in [0.717, 1.165) is 39.1 Å². The van der Waals surface area contributed by atoms with Crippen LogP contribution in [0.2, 0.25) is 5.02 Å². The number of nitrogens with zero attached hydrogens (tertiary/aromatic N) is 4. The van der Waals surface area contributed by atoms with Crippen LogP contribution in [0.3, 0.4) is 0 Å². The maximum atomic E-state index is 13.6. The minimum atomic E-state index is -0.660. The molecule has 0 bridgehead atoms. The molecule has 2 heterocycles. The van der Waals surface area contributed by atoms with Crippen molar-refractivity contribution in [3.8, 4) is 0 Å². The fourth-order valence-electron chi connectivity index (χ4n) is 5.16. The highest BCUT2D eigenvalue weighted by atomic mass is 35.5. The fraction of sp³-hybridized carbons (Fsp3) is 0.300. The van der Waals surface area contributed by atoms with Gasteiger partial charge in [0, 0.05) is 49.1 Å². The molecule has 39 heavy (non-hydrogen) atoms. The lowest BCUT2D eigenvalue weighted by Gasteiger charge is -2.36. The molecule has 0 aromatic heterocycles. The number of nitrogens with one attached hydrogen (secondary N) is 1. The van der Waals surface area contributed by atoms with Crippen LogP contribution in [0, 0.1) is 0 Å². The van der Waals surface area contributed by atoms with Crippen molar-refractivity contribution in [2.45, 2.75) is 18.9 Å². The van der Waals surface area contributed by atoms with Crippen LogP contribution in [0.5, 0.6) is 0 Å². The summed E-state index contributed by atoms with van der Waals surface area (Å²) in [7, 11) is 0. The Morgan fingerprint density at radius 3 is 2.15 bits per heavy atom. The van der Waals surface area contributed by atoms with Crippen molar-refractivity contribution in [3.05, 3.63) is 90.0 Å². The number of halogens is 1. The third kappa shape index (κ3) is 6.58. The first-order valence-electron chi connectivity index (χ1n) is 13.3. The molecule has 2 aliphatic heterocycles. The van der Waals surface area contributed by atoms with Crippen LogP contribution in [0.4, 0.5) is 17.1 Å². The van der Waals surface area contributed by atoms with Gasteiger partial charge in [-0.25, -0.2) is 0 Å². The first-order valence-corrected chi connectivity index (χ1v) is 14.1. The van der Waals surface area contributed by atoms with Crippen molar-refractivity contribution in [2.75, 3.05) is 54.4 Å². The first kappa shape index (κ1) is 27.1. The summed E-state index contributed by atoms with van der Waals surface area (Å²) >= 11 is 11.9. The van der Waals surface area contributed by atoms with Crippen LogP contribution >= 0.6 is 23.8 Å². The van der Waals surface area contributed by atoms with Gasteiger partial charge in [0.2, 0.25) is 5.91 Å². The zero-order valence-electron chi connectivity index (χ0n) is 21.7. The van der Waals surface area contributed by atoms with Crippen molar-refractivity contribution in [3.63, 3.8) is 0 Å². The molecule has 0 saturated carbocycles. The van der Waals surface area contributed by atoms with E-state index >= 15 is 0 Å². The van der Waals surface area contributed by atoms with Crippen LogP contribution in [0.1, 0.15) is 12.8 Å². The molecule has 2 aliphatic rings. The zero-order chi connectivity index (χ0) is 27.2. The van der Waals surface area contributed by atoms with Gasteiger partial charge in [-0.05, 0) is 73.7 Å². The van der Waals surface area contributed by atoms with E-state index in [4.69, 9.17) is 23.8 Å². The summed E-state index contributed by atoms with van der Waals surface area (Å²) < 4.78 is 0. The van der Waals surface area contributed by atoms with E-state index in [1.165, 1.54) is 10.6 Å². The SMILES string of the molecule is O=C(CC1C(=O)N(c2ccc(Cl)cc2)C(=S)N1CCCN1CCN(c2ccccc2)CC1)Nc1ccccc1. The molecule has 1 unspecified atom stereocenters. The Kier molecular flexibility index (Phi) is 8.76. The second-order valence-corrected chi connectivity index (χ2v) is 10.6. The highest BCUT2D eigenvalue weighted by Gasteiger charge is 2.43. The summed E-state index contributed by atoms with van der Waals surface area (Å²) in [4.78, 5) is 34.9. The van der Waals surface area contributed by atoms with Crippen molar-refractivity contribution in [2.24, 2.45) is 0 Å². The number of benzene rings is 3. The predicted molar refractivity (Wildman–Crippen MR) is 161 cm³/mol. The topological polar surface area (TPSA) is 59.1 Å². The maximum absolute atomic E-state index is 13.6. The van der Waals surface area contributed by atoms with Gasteiger partial charge in [0.25, 0.3) is 5.91 Å². The van der Waals surface area contributed by atoms with E-state index in [0.29, 0.717) is 28.1 Å². The molecule has 2 saturated heterocycles. The summed E-state index contributed by atoms with van der Waals surface area (Å²) in [6.45, 7) is 5.43. The molecule has 1 N–H and O–H groups in total. The molecule has 2 amide bonds. The number of carbonyl (C=O) groups excluding carboxylic acids is 2. The number of rotatable bonds is 9. The Labute approximate surface area is 239 Å². The molecule has 1 atom stereocenters. The molecule has 0 radical (unpaired) electrons. The number of thiocarbonyl (C=S) groups is 1. The van der Waals surface area contributed by atoms with Gasteiger partial charge in [0.05, 0.1) is 12.1 Å². The second-order valence-electron chi connectivity index (χ2n) is 9.78. The first-order chi connectivity index (χ1) is 19.0. The quantitative estimate of drug-likeness (QED) is 0.376. The van der Waals surface area contributed by atoms with Crippen molar-refractivity contribution >= 4 is 57.8 Å². The Morgan fingerprint density at radius 2 is 1.49 bits per heavy atom. The number of carbonyl (C=O) groups is 2. The minimum absolute atomic E-state index is 0.0215. The van der Waals surface area contributed by atoms with Crippen LogP contribution < -0.4 is 15.1 Å². The van der Waals surface area contributed by atoms with Gasteiger partial charge in [-0.2, -0.15) is 0 Å². The summed E-state index contributed by atoms with van der Waals surface area (Å²) in [5, 5.41) is 3.91. The highest BCUT2D eigenvalue weighted by Crippen LogP contribution is 2.29. The molecule has 2 fully saturated rings. The lowest BCUT2D eigenvalue weighted by molar-refractivity contribution is -0.124. The van der Waals surface area contributed by atoms with Gasteiger partial charge in [0.15, 0.2) is 5.11 Å². The van der Waals surface area contributed by atoms with E-state index < -0.39 is 6.04 Å². The molecule has 202 valence electrons. The number of para-hydroxylation sites is 2. The maximum Gasteiger partial charge on any atom is 0.256 e. The summed E-state index contributed by atoms with van der Waals surface area (Å²) in [5.74, 6) is -0.413. The molecular formula is C30H32ClN5O2S. The zero-order valence-corrected chi connectivity index (χ0v) is 23.3. The van der Waals surface area contributed by atoms with E-state index in [1.807, 2.05) is 41.3 Å². The van der Waals surface area contributed by atoms with Crippen molar-refractivity contribution in [1.82, 2.24) is 9.80 Å². The minimum Gasteiger partial charge on any atom is -0.369 e. The predicted octanol–water partition coefficient (Wildman–Crippen LogP) is 4.88. The molecule has 5 rings (SSSR count). The van der Waals surface area contributed by atoms with Gasteiger partial charge >= 0.3 is 0 Å². The Balaban J connectivity index is 1.22. The summed E-state index contributed by atoms with van der Waals surface area (Å²) in [6.07, 6.45) is 0.859. The van der Waals surface area contributed by atoms with Crippen LogP contribution in [0.25, 0.3) is 0 Å². The molecule has 0 aliphatic carbocycles. The largest absolute Gasteiger partial charge is 0.369 e. The third-order valence-electron chi connectivity index (χ3n) is 7.21. The average molecular weight is 562 g/mol. The molecule has 9 heteroatoms. The van der Waals surface area contributed by atoms with Crippen LogP contribution in [-0.2, 0) is 9.59 Å². The summed E-state index contributed by atoms with van der Waals surface area (Å²) in [5.41, 5.74) is 2.62. The van der Waals surface area contributed by atoms with Gasteiger partial charge in [-0.1, -0.05) is 48.0 Å². The Bertz CT molecular complexity index is 1280. The molecule has 7 nitrogen and oxygen atoms in total. The highest BCUT2D eigenvalue weighted by molar-refractivity contribution is 7.80. The van der Waals surface area contributed by atoms with Gasteiger partial charge in [-0.3, -0.25) is 19.4 Å². The van der Waals surface area contributed by atoms with Crippen molar-refractivity contribution in [1.29, 1.82) is 0 Å². The number of hydrogen-bond acceptors (Lipinski definition) is 5. The van der Waals surface area contributed by atoms with Gasteiger partial charge < -0.3 is 15.1 Å². The van der Waals surface area contributed by atoms with E-state index in [1.54, 1.807) is 24.3 Å². The molecule has 0 spiro atoms. The van der Waals surface area contributed by atoms with E-state index in [9.17, 15) is 9.59 Å². The molecule has 3 aromatic carbocycles. The van der Waals surface area contributed by atoms with Crippen LogP contribution in [-0.4, -0.2) is 72.0 Å². The number of hydrogen-bond donors (Lipinski definition) is 1. The van der Waals surface area contributed by atoms with E-state index in [2.05, 4.69) is 39.4 Å². The van der Waals surface area contributed by atoms with E-state index in [-0.39, 0.29) is 18.2 Å². The van der Waals surface area contributed by atoms with Crippen LogP contribution in [0.15, 0.2) is 84.9 Å². The Morgan fingerprint density at radius 1 is 0.846 bits per heavy atom. The Hall–Kier alpha value is -3.46. The number of amides is 2. The van der Waals surface area contributed by atoms with Gasteiger partial charge in [-0.15, -0.1) is 0 Å². The lowest BCUT2D eigenvalue weighted by atomic mass is 10.1. The monoisotopic (exact) mass is 561 g/mol. The standard InChI is InChI=1S/C30H32ClN5O2S/c31-23-12-14-26(15-13-23)36-29(38)27(22-28(37)32-24-8-3-1-4-9-24)35(30(36)39)17-7-16-33-18-20-34(21-19-33)25-10-5-2-6-11-25/h1-6,8-15,27H,7,16-22H2,(H,32,37). The second kappa shape index (κ2) is 12.6.